The third kappa shape index (κ3) is 6.47. The minimum atomic E-state index is -0.854. The van der Waals surface area contributed by atoms with E-state index in [1.54, 1.807) is 11.9 Å². The molecule has 3 atom stereocenters. The van der Waals surface area contributed by atoms with Crippen LogP contribution < -0.4 is 5.32 Å². The van der Waals surface area contributed by atoms with Crippen molar-refractivity contribution in [2.45, 2.75) is 57.6 Å². The number of hydrogen-bond acceptors (Lipinski definition) is 4. The predicted molar refractivity (Wildman–Crippen MR) is 95.6 cm³/mol. The zero-order valence-electron chi connectivity index (χ0n) is 15.6. The molecule has 7 heteroatoms. The van der Waals surface area contributed by atoms with Gasteiger partial charge in [-0.3, -0.25) is 9.69 Å². The SMILES string of the molecule is CCCCC1CCCC1NC(=O)N1CCOC(CN(C)CC(=O)O)C1. The number of carbonyl (C=O) groups excluding carboxylic acids is 1. The van der Waals surface area contributed by atoms with E-state index in [-0.39, 0.29) is 18.7 Å². The summed E-state index contributed by atoms with van der Waals surface area (Å²) in [6, 6.07) is 0.303. The number of rotatable bonds is 8. The molecule has 1 heterocycles. The minimum Gasteiger partial charge on any atom is -0.480 e. The van der Waals surface area contributed by atoms with E-state index in [2.05, 4.69) is 12.2 Å². The summed E-state index contributed by atoms with van der Waals surface area (Å²) in [5, 5.41) is 12.1. The molecule has 0 spiro atoms. The highest BCUT2D eigenvalue weighted by atomic mass is 16.5. The number of ether oxygens (including phenoxy) is 1. The number of likely N-dealkylation sites (N-methyl/N-ethyl adjacent to an activating group) is 1. The van der Waals surface area contributed by atoms with Crippen molar-refractivity contribution in [3.05, 3.63) is 0 Å². The quantitative estimate of drug-likeness (QED) is 0.693. The zero-order chi connectivity index (χ0) is 18.2. The smallest absolute Gasteiger partial charge is 0.317 e. The summed E-state index contributed by atoms with van der Waals surface area (Å²) in [6.07, 6.45) is 6.99. The lowest BCUT2D eigenvalue weighted by molar-refractivity contribution is -0.138. The molecule has 2 fully saturated rings. The van der Waals surface area contributed by atoms with Crippen LogP contribution in [0, 0.1) is 5.92 Å². The first kappa shape index (κ1) is 20.0. The number of hydrogen-bond donors (Lipinski definition) is 2. The standard InChI is InChI=1S/C18H33N3O4/c1-3-4-6-14-7-5-8-16(14)19-18(24)21-9-10-25-15(12-21)11-20(2)13-17(22)23/h14-16H,3-13H2,1-2H3,(H,19,24)(H,22,23). The van der Waals surface area contributed by atoms with Crippen molar-refractivity contribution >= 4 is 12.0 Å². The van der Waals surface area contributed by atoms with Crippen molar-refractivity contribution in [2.75, 3.05) is 39.8 Å². The van der Waals surface area contributed by atoms with Gasteiger partial charge in [-0.2, -0.15) is 0 Å². The van der Waals surface area contributed by atoms with Gasteiger partial charge in [0.05, 0.1) is 19.3 Å². The highest BCUT2D eigenvalue weighted by Crippen LogP contribution is 2.30. The van der Waals surface area contributed by atoms with E-state index in [0.29, 0.717) is 38.2 Å². The van der Waals surface area contributed by atoms with Crippen LogP contribution >= 0.6 is 0 Å². The number of amides is 2. The van der Waals surface area contributed by atoms with Gasteiger partial charge in [0.25, 0.3) is 0 Å². The first-order valence-electron chi connectivity index (χ1n) is 9.57. The van der Waals surface area contributed by atoms with Gasteiger partial charge in [-0.05, 0) is 32.2 Å². The molecule has 1 aliphatic carbocycles. The van der Waals surface area contributed by atoms with Crippen LogP contribution in [-0.2, 0) is 9.53 Å². The van der Waals surface area contributed by atoms with E-state index in [1.165, 1.54) is 32.1 Å². The average molecular weight is 355 g/mol. The van der Waals surface area contributed by atoms with Gasteiger partial charge in [-0.1, -0.05) is 26.2 Å². The van der Waals surface area contributed by atoms with E-state index in [4.69, 9.17) is 9.84 Å². The fourth-order valence-corrected chi connectivity index (χ4v) is 3.95. The number of carboxylic acids is 1. The highest BCUT2D eigenvalue weighted by molar-refractivity contribution is 5.74. The number of urea groups is 1. The van der Waals surface area contributed by atoms with Crippen molar-refractivity contribution in [3.8, 4) is 0 Å². The van der Waals surface area contributed by atoms with Gasteiger partial charge in [0.1, 0.15) is 0 Å². The third-order valence-electron chi connectivity index (χ3n) is 5.24. The Bertz CT molecular complexity index is 446. The van der Waals surface area contributed by atoms with E-state index < -0.39 is 5.97 Å². The topological polar surface area (TPSA) is 82.1 Å². The number of morpholine rings is 1. The van der Waals surface area contributed by atoms with Crippen LogP contribution in [0.4, 0.5) is 4.79 Å². The van der Waals surface area contributed by atoms with Crippen molar-refractivity contribution < 1.29 is 19.4 Å². The summed E-state index contributed by atoms with van der Waals surface area (Å²) >= 11 is 0. The van der Waals surface area contributed by atoms with Gasteiger partial charge in [0.15, 0.2) is 0 Å². The Kier molecular flexibility index (Phi) is 7.96. The molecule has 1 saturated carbocycles. The van der Waals surface area contributed by atoms with Gasteiger partial charge in [0, 0.05) is 25.7 Å². The molecule has 0 aromatic carbocycles. The Morgan fingerprint density at radius 1 is 1.36 bits per heavy atom. The maximum absolute atomic E-state index is 12.6. The summed E-state index contributed by atoms with van der Waals surface area (Å²) in [5.74, 6) is -0.241. The molecular weight excluding hydrogens is 322 g/mol. The largest absolute Gasteiger partial charge is 0.480 e. The summed E-state index contributed by atoms with van der Waals surface area (Å²) in [4.78, 5) is 26.9. The van der Waals surface area contributed by atoms with E-state index >= 15 is 0 Å². The Hall–Kier alpha value is -1.34. The van der Waals surface area contributed by atoms with Gasteiger partial charge >= 0.3 is 12.0 Å². The van der Waals surface area contributed by atoms with Crippen molar-refractivity contribution in [3.63, 3.8) is 0 Å². The Balaban J connectivity index is 1.79. The lowest BCUT2D eigenvalue weighted by Gasteiger charge is -2.35. The molecule has 7 nitrogen and oxygen atoms in total. The third-order valence-corrected chi connectivity index (χ3v) is 5.24. The average Bonchev–Trinajstić information content (AvgIpc) is 2.99. The Morgan fingerprint density at radius 3 is 2.88 bits per heavy atom. The maximum atomic E-state index is 12.6. The van der Waals surface area contributed by atoms with Crippen molar-refractivity contribution in [1.82, 2.24) is 15.1 Å². The number of carboxylic acid groups (broad SMARTS) is 1. The van der Waals surface area contributed by atoms with Crippen LogP contribution in [0.5, 0.6) is 0 Å². The first-order chi connectivity index (χ1) is 12.0. The van der Waals surface area contributed by atoms with Crippen LogP contribution in [0.1, 0.15) is 45.4 Å². The fourth-order valence-electron chi connectivity index (χ4n) is 3.95. The molecule has 0 aromatic rings. The van der Waals surface area contributed by atoms with Gasteiger partial charge < -0.3 is 20.1 Å². The fraction of sp³-hybridized carbons (Fsp3) is 0.889. The molecular formula is C18H33N3O4. The predicted octanol–water partition coefficient (Wildman–Crippen LogP) is 1.77. The van der Waals surface area contributed by atoms with E-state index in [0.717, 1.165) is 6.42 Å². The number of nitrogens with zero attached hydrogens (tertiary/aromatic N) is 2. The van der Waals surface area contributed by atoms with Crippen molar-refractivity contribution in [1.29, 1.82) is 0 Å². The zero-order valence-corrected chi connectivity index (χ0v) is 15.6. The number of aliphatic carboxylic acids is 1. The molecule has 25 heavy (non-hydrogen) atoms. The molecule has 1 aliphatic heterocycles. The lowest BCUT2D eigenvalue weighted by atomic mass is 9.97. The molecule has 2 aliphatic rings. The first-order valence-corrected chi connectivity index (χ1v) is 9.57. The summed E-state index contributed by atoms with van der Waals surface area (Å²) in [5.41, 5.74) is 0. The van der Waals surface area contributed by atoms with E-state index in [9.17, 15) is 9.59 Å². The molecule has 2 N–H and O–H groups in total. The van der Waals surface area contributed by atoms with Crippen LogP contribution in [-0.4, -0.2) is 78.9 Å². The van der Waals surface area contributed by atoms with Gasteiger partial charge in [-0.15, -0.1) is 0 Å². The van der Waals surface area contributed by atoms with Gasteiger partial charge in [-0.25, -0.2) is 4.79 Å². The Morgan fingerprint density at radius 2 is 2.16 bits per heavy atom. The Labute approximate surface area is 150 Å². The summed E-state index contributed by atoms with van der Waals surface area (Å²) in [6.45, 7) is 4.31. The number of unbranched alkanes of at least 4 members (excludes halogenated alkanes) is 1. The van der Waals surface area contributed by atoms with Crippen LogP contribution in [0.15, 0.2) is 0 Å². The van der Waals surface area contributed by atoms with Crippen molar-refractivity contribution in [2.24, 2.45) is 5.92 Å². The normalized spacial score (nSPS) is 26.8. The highest BCUT2D eigenvalue weighted by Gasteiger charge is 2.31. The molecule has 2 rings (SSSR count). The lowest BCUT2D eigenvalue weighted by Crippen LogP contribution is -2.54. The van der Waals surface area contributed by atoms with Crippen LogP contribution in [0.25, 0.3) is 0 Å². The second kappa shape index (κ2) is 9.97. The van der Waals surface area contributed by atoms with E-state index in [1.807, 2.05) is 4.90 Å². The van der Waals surface area contributed by atoms with Crippen LogP contribution in [0.3, 0.4) is 0 Å². The monoisotopic (exact) mass is 355 g/mol. The molecule has 0 radical (unpaired) electrons. The number of nitrogens with one attached hydrogen (secondary N) is 1. The maximum Gasteiger partial charge on any atom is 0.317 e. The number of carbonyl (C=O) groups is 2. The summed E-state index contributed by atoms with van der Waals surface area (Å²) in [7, 11) is 1.76. The molecule has 2 amide bonds. The summed E-state index contributed by atoms with van der Waals surface area (Å²) < 4.78 is 5.70. The molecule has 0 bridgehead atoms. The second-order valence-electron chi connectivity index (χ2n) is 7.42. The second-order valence-corrected chi connectivity index (χ2v) is 7.42. The van der Waals surface area contributed by atoms with Gasteiger partial charge in [0.2, 0.25) is 0 Å². The molecule has 0 aromatic heterocycles. The minimum absolute atomic E-state index is 0.00239. The van der Waals surface area contributed by atoms with Crippen LogP contribution in [0.2, 0.25) is 0 Å². The molecule has 3 unspecified atom stereocenters. The molecule has 144 valence electrons. The molecule has 1 saturated heterocycles.